The van der Waals surface area contributed by atoms with Crippen LogP contribution in [0, 0.1) is 5.41 Å². The van der Waals surface area contributed by atoms with Gasteiger partial charge in [0, 0.05) is 23.3 Å². The van der Waals surface area contributed by atoms with Gasteiger partial charge in [0.15, 0.2) is 5.78 Å². The first-order valence-corrected chi connectivity index (χ1v) is 8.58. The van der Waals surface area contributed by atoms with Crippen molar-refractivity contribution in [2.75, 3.05) is 19.5 Å². The molecule has 0 radical (unpaired) electrons. The maximum atomic E-state index is 13.1. The van der Waals surface area contributed by atoms with Crippen molar-refractivity contribution in [3.63, 3.8) is 0 Å². The number of methoxy groups -OCH3 is 2. The van der Waals surface area contributed by atoms with Crippen LogP contribution in [0.1, 0.15) is 38.3 Å². The molecule has 0 unspecified atom stereocenters. The lowest BCUT2D eigenvalue weighted by molar-refractivity contribution is -0.118. The van der Waals surface area contributed by atoms with Crippen LogP contribution in [0.4, 0.5) is 5.95 Å². The number of ether oxygens (including phenoxy) is 2. The normalized spacial score (nSPS) is 20.9. The Balaban J connectivity index is 1.94. The van der Waals surface area contributed by atoms with Crippen LogP contribution in [0.25, 0.3) is 0 Å². The quantitative estimate of drug-likeness (QED) is 0.913. The fourth-order valence-corrected chi connectivity index (χ4v) is 3.89. The SMILES string of the molecule is COc1ccc(OC)c([C@H]2C3=C(CC(C)(C)CC3=O)Nc3ncnn32)c1. The lowest BCUT2D eigenvalue weighted by Gasteiger charge is -2.38. The third kappa shape index (κ3) is 2.55. The molecule has 0 saturated heterocycles. The molecule has 4 rings (SSSR count). The van der Waals surface area contributed by atoms with Gasteiger partial charge in [-0.1, -0.05) is 13.8 Å². The number of carbonyl (C=O) groups excluding carboxylic acids is 1. The number of benzene rings is 1. The molecule has 1 atom stereocenters. The monoisotopic (exact) mass is 354 g/mol. The number of hydrogen-bond acceptors (Lipinski definition) is 6. The van der Waals surface area contributed by atoms with Gasteiger partial charge in [0.1, 0.15) is 23.9 Å². The summed E-state index contributed by atoms with van der Waals surface area (Å²) in [5.41, 5.74) is 2.39. The van der Waals surface area contributed by atoms with Crippen molar-refractivity contribution >= 4 is 11.7 Å². The summed E-state index contributed by atoms with van der Waals surface area (Å²) in [6.45, 7) is 4.22. The summed E-state index contributed by atoms with van der Waals surface area (Å²) in [4.78, 5) is 17.4. The number of allylic oxidation sites excluding steroid dienone is 2. The van der Waals surface area contributed by atoms with Gasteiger partial charge in [-0.2, -0.15) is 10.1 Å². The van der Waals surface area contributed by atoms with E-state index in [1.807, 2.05) is 18.2 Å². The first-order valence-electron chi connectivity index (χ1n) is 8.58. The van der Waals surface area contributed by atoms with E-state index in [0.717, 1.165) is 23.3 Å². The third-order valence-corrected chi connectivity index (χ3v) is 5.01. The second kappa shape index (κ2) is 5.86. The molecular weight excluding hydrogens is 332 g/mol. The number of nitrogens with zero attached hydrogens (tertiary/aromatic N) is 3. The molecule has 0 bridgehead atoms. The maximum absolute atomic E-state index is 13.1. The largest absolute Gasteiger partial charge is 0.497 e. The van der Waals surface area contributed by atoms with Gasteiger partial charge in [-0.05, 0) is 30.0 Å². The first-order chi connectivity index (χ1) is 12.4. The molecular formula is C19H22N4O3. The zero-order valence-electron chi connectivity index (χ0n) is 15.4. The highest BCUT2D eigenvalue weighted by atomic mass is 16.5. The average Bonchev–Trinajstić information content (AvgIpc) is 3.06. The van der Waals surface area contributed by atoms with Crippen molar-refractivity contribution in [1.82, 2.24) is 14.8 Å². The van der Waals surface area contributed by atoms with Crippen LogP contribution in [-0.2, 0) is 4.79 Å². The van der Waals surface area contributed by atoms with E-state index in [2.05, 4.69) is 29.2 Å². The third-order valence-electron chi connectivity index (χ3n) is 5.01. The van der Waals surface area contributed by atoms with Gasteiger partial charge in [0.25, 0.3) is 0 Å². The van der Waals surface area contributed by atoms with E-state index >= 15 is 0 Å². The average molecular weight is 354 g/mol. The Labute approximate surface area is 152 Å². The van der Waals surface area contributed by atoms with Gasteiger partial charge in [-0.15, -0.1) is 0 Å². The second-order valence-electron chi connectivity index (χ2n) is 7.50. The van der Waals surface area contributed by atoms with Crippen molar-refractivity contribution in [2.45, 2.75) is 32.7 Å². The Kier molecular flexibility index (Phi) is 3.75. The molecule has 26 heavy (non-hydrogen) atoms. The van der Waals surface area contributed by atoms with Crippen LogP contribution in [0.15, 0.2) is 35.8 Å². The van der Waals surface area contributed by atoms with Crippen molar-refractivity contribution in [1.29, 1.82) is 0 Å². The van der Waals surface area contributed by atoms with Gasteiger partial charge >= 0.3 is 0 Å². The van der Waals surface area contributed by atoms with Gasteiger partial charge in [0.05, 0.1) is 14.2 Å². The summed E-state index contributed by atoms with van der Waals surface area (Å²) in [6, 6.07) is 5.20. The lowest BCUT2D eigenvalue weighted by Crippen LogP contribution is -2.36. The molecule has 2 heterocycles. The van der Waals surface area contributed by atoms with E-state index in [9.17, 15) is 4.79 Å². The summed E-state index contributed by atoms with van der Waals surface area (Å²) in [5, 5.41) is 7.67. The topological polar surface area (TPSA) is 78.3 Å². The maximum Gasteiger partial charge on any atom is 0.226 e. The standard InChI is InChI=1S/C19H22N4O3/c1-19(2)8-13-16(14(24)9-19)17(23-18(22-13)20-10-21-23)12-7-11(25-3)5-6-15(12)26-4/h5-7,10,17H,8-9H2,1-4H3,(H,20,21,22)/t17-/m0/s1. The van der Waals surface area contributed by atoms with Crippen molar-refractivity contribution in [3.05, 3.63) is 41.4 Å². The number of Topliss-reactive ketones (excluding diaryl/α,β-unsaturated/α-hetero) is 1. The van der Waals surface area contributed by atoms with E-state index in [1.54, 1.807) is 18.9 Å². The fourth-order valence-electron chi connectivity index (χ4n) is 3.89. The fraction of sp³-hybridized carbons (Fsp3) is 0.421. The highest BCUT2D eigenvalue weighted by Gasteiger charge is 2.42. The number of carbonyl (C=O) groups is 1. The molecule has 1 aromatic carbocycles. The van der Waals surface area contributed by atoms with Crippen LogP contribution in [-0.4, -0.2) is 34.8 Å². The number of rotatable bonds is 3. The van der Waals surface area contributed by atoms with Crippen molar-refractivity contribution in [3.8, 4) is 11.5 Å². The minimum Gasteiger partial charge on any atom is -0.497 e. The Morgan fingerprint density at radius 3 is 2.77 bits per heavy atom. The zero-order chi connectivity index (χ0) is 18.5. The molecule has 1 aliphatic carbocycles. The van der Waals surface area contributed by atoms with Crippen LogP contribution in [0.3, 0.4) is 0 Å². The second-order valence-corrected chi connectivity index (χ2v) is 7.50. The predicted molar refractivity (Wildman–Crippen MR) is 96.4 cm³/mol. The molecule has 7 nitrogen and oxygen atoms in total. The van der Waals surface area contributed by atoms with Crippen LogP contribution in [0.2, 0.25) is 0 Å². The van der Waals surface area contributed by atoms with Crippen molar-refractivity contribution < 1.29 is 14.3 Å². The van der Waals surface area contributed by atoms with E-state index in [4.69, 9.17) is 9.47 Å². The summed E-state index contributed by atoms with van der Waals surface area (Å²) < 4.78 is 12.7. The van der Waals surface area contributed by atoms with Gasteiger partial charge in [-0.3, -0.25) is 4.79 Å². The van der Waals surface area contributed by atoms with E-state index in [-0.39, 0.29) is 11.2 Å². The molecule has 1 aliphatic heterocycles. The number of hydrogen-bond donors (Lipinski definition) is 1. The zero-order valence-corrected chi connectivity index (χ0v) is 15.4. The Morgan fingerprint density at radius 2 is 2.04 bits per heavy atom. The molecule has 136 valence electrons. The van der Waals surface area contributed by atoms with Gasteiger partial charge < -0.3 is 14.8 Å². The summed E-state index contributed by atoms with van der Waals surface area (Å²) in [5.74, 6) is 2.14. The first kappa shape index (κ1) is 16.6. The number of aromatic nitrogens is 3. The van der Waals surface area contributed by atoms with Crippen molar-refractivity contribution in [2.24, 2.45) is 5.41 Å². The van der Waals surface area contributed by atoms with Gasteiger partial charge in [-0.25, -0.2) is 4.68 Å². The molecule has 0 saturated carbocycles. The molecule has 7 heteroatoms. The molecule has 0 fully saturated rings. The summed E-state index contributed by atoms with van der Waals surface area (Å²) in [6.07, 6.45) is 2.78. The molecule has 2 aromatic rings. The summed E-state index contributed by atoms with van der Waals surface area (Å²) >= 11 is 0. The number of nitrogens with one attached hydrogen (secondary N) is 1. The Bertz CT molecular complexity index is 913. The molecule has 1 N–H and O–H groups in total. The molecule has 0 amide bonds. The molecule has 2 aliphatic rings. The molecule has 0 spiro atoms. The Hall–Kier alpha value is -2.83. The molecule has 1 aromatic heterocycles. The number of ketones is 1. The number of anilines is 1. The minimum atomic E-state index is -0.391. The van der Waals surface area contributed by atoms with Gasteiger partial charge in [0.2, 0.25) is 5.95 Å². The van der Waals surface area contributed by atoms with E-state index < -0.39 is 6.04 Å². The lowest BCUT2D eigenvalue weighted by atomic mass is 9.73. The highest BCUT2D eigenvalue weighted by Crippen LogP contribution is 2.47. The predicted octanol–water partition coefficient (Wildman–Crippen LogP) is 2.95. The van der Waals surface area contributed by atoms with E-state index in [0.29, 0.717) is 23.9 Å². The smallest absolute Gasteiger partial charge is 0.226 e. The van der Waals surface area contributed by atoms with Crippen LogP contribution >= 0.6 is 0 Å². The van der Waals surface area contributed by atoms with E-state index in [1.165, 1.54) is 6.33 Å². The minimum absolute atomic E-state index is 0.0892. The summed E-state index contributed by atoms with van der Waals surface area (Å²) in [7, 11) is 3.24. The highest BCUT2D eigenvalue weighted by molar-refractivity contribution is 6.00. The number of fused-ring (bicyclic) bond motifs is 1. The Morgan fingerprint density at radius 1 is 1.23 bits per heavy atom. The van der Waals surface area contributed by atoms with Crippen LogP contribution < -0.4 is 14.8 Å². The van der Waals surface area contributed by atoms with Crippen LogP contribution in [0.5, 0.6) is 11.5 Å².